The van der Waals surface area contributed by atoms with E-state index in [0.29, 0.717) is 5.92 Å². The molecule has 15 heavy (non-hydrogen) atoms. The molecule has 0 aromatic heterocycles. The summed E-state index contributed by atoms with van der Waals surface area (Å²) >= 11 is 0. The summed E-state index contributed by atoms with van der Waals surface area (Å²) in [6, 6.07) is 0. The van der Waals surface area contributed by atoms with Crippen LogP contribution in [0.4, 0.5) is 0 Å². The zero-order chi connectivity index (χ0) is 11.3. The van der Waals surface area contributed by atoms with Crippen LogP contribution in [0.3, 0.4) is 0 Å². The van der Waals surface area contributed by atoms with Gasteiger partial charge in [-0.2, -0.15) is 0 Å². The number of allylic oxidation sites excluding steroid dienone is 3. The summed E-state index contributed by atoms with van der Waals surface area (Å²) in [4.78, 5) is 2.44. The molecule has 1 heteroatoms. The second kappa shape index (κ2) is 5.32. The average Bonchev–Trinajstić information content (AvgIpc) is 2.71. The first-order chi connectivity index (χ1) is 7.09. The maximum absolute atomic E-state index is 2.44. The van der Waals surface area contributed by atoms with Gasteiger partial charge in [0.15, 0.2) is 0 Å². The Morgan fingerprint density at radius 2 is 1.87 bits per heavy atom. The largest absolute Gasteiger partial charge is 0.300 e. The molecule has 0 spiro atoms. The summed E-state index contributed by atoms with van der Waals surface area (Å²) in [6.45, 7) is 7.82. The van der Waals surface area contributed by atoms with Crippen molar-refractivity contribution in [1.82, 2.24) is 4.90 Å². The second-order valence-corrected chi connectivity index (χ2v) is 4.73. The minimum absolute atomic E-state index is 0.213. The number of hydrogen-bond donors (Lipinski definition) is 0. The standard InChI is InChI=1S/C14H23N/c1-5-6-9-12-15(4)14(2,3)13-10-7-8-11-13/h5-8,10-11,13H,9,12H2,1-4H3/b6-5+. The fourth-order valence-electron chi connectivity index (χ4n) is 1.88. The molecule has 0 aliphatic heterocycles. The Morgan fingerprint density at radius 3 is 2.40 bits per heavy atom. The van der Waals surface area contributed by atoms with Crippen LogP contribution in [0, 0.1) is 5.92 Å². The lowest BCUT2D eigenvalue weighted by atomic mass is 9.87. The highest BCUT2D eigenvalue weighted by molar-refractivity contribution is 5.22. The van der Waals surface area contributed by atoms with Crippen LogP contribution in [0.2, 0.25) is 0 Å². The van der Waals surface area contributed by atoms with Crippen molar-refractivity contribution in [3.63, 3.8) is 0 Å². The molecule has 1 aliphatic carbocycles. The summed E-state index contributed by atoms with van der Waals surface area (Å²) in [5.74, 6) is 0.549. The lowest BCUT2D eigenvalue weighted by Gasteiger charge is -2.39. The van der Waals surface area contributed by atoms with E-state index in [2.05, 4.69) is 69.2 Å². The Morgan fingerprint density at radius 1 is 1.27 bits per heavy atom. The van der Waals surface area contributed by atoms with Gasteiger partial charge in [-0.15, -0.1) is 0 Å². The molecule has 0 heterocycles. The van der Waals surface area contributed by atoms with E-state index < -0.39 is 0 Å². The summed E-state index contributed by atoms with van der Waals surface area (Å²) in [7, 11) is 2.21. The lowest BCUT2D eigenvalue weighted by molar-refractivity contribution is 0.132. The van der Waals surface area contributed by atoms with E-state index in [9.17, 15) is 0 Å². The van der Waals surface area contributed by atoms with Crippen LogP contribution in [0.5, 0.6) is 0 Å². The van der Waals surface area contributed by atoms with Crippen LogP contribution in [0.25, 0.3) is 0 Å². The van der Waals surface area contributed by atoms with Gasteiger partial charge in [-0.05, 0) is 34.2 Å². The Kier molecular flexibility index (Phi) is 4.34. The third-order valence-corrected chi connectivity index (χ3v) is 3.41. The Balaban J connectivity index is 2.52. The minimum Gasteiger partial charge on any atom is -0.300 e. The number of rotatable bonds is 5. The van der Waals surface area contributed by atoms with Crippen molar-refractivity contribution in [1.29, 1.82) is 0 Å². The van der Waals surface area contributed by atoms with Crippen molar-refractivity contribution in [3.05, 3.63) is 36.5 Å². The average molecular weight is 205 g/mol. The highest BCUT2D eigenvalue weighted by atomic mass is 15.2. The molecule has 0 bridgehead atoms. The van der Waals surface area contributed by atoms with E-state index >= 15 is 0 Å². The fourth-order valence-corrected chi connectivity index (χ4v) is 1.88. The normalized spacial score (nSPS) is 17.4. The molecule has 1 aliphatic rings. The molecule has 0 unspecified atom stereocenters. The molecule has 0 aromatic rings. The monoisotopic (exact) mass is 205 g/mol. The molecule has 1 nitrogen and oxygen atoms in total. The quantitative estimate of drug-likeness (QED) is 0.622. The number of nitrogens with zero attached hydrogens (tertiary/aromatic N) is 1. The summed E-state index contributed by atoms with van der Waals surface area (Å²) in [5.41, 5.74) is 0.213. The lowest BCUT2D eigenvalue weighted by Crippen LogP contribution is -2.46. The fraction of sp³-hybridized carbons (Fsp3) is 0.571. The van der Waals surface area contributed by atoms with Gasteiger partial charge in [0.2, 0.25) is 0 Å². The molecule has 0 saturated heterocycles. The van der Waals surface area contributed by atoms with Gasteiger partial charge in [-0.3, -0.25) is 0 Å². The first kappa shape index (κ1) is 12.3. The minimum atomic E-state index is 0.213. The van der Waals surface area contributed by atoms with Crippen molar-refractivity contribution in [2.45, 2.75) is 32.7 Å². The molecule has 84 valence electrons. The molecule has 0 radical (unpaired) electrons. The van der Waals surface area contributed by atoms with Crippen LogP contribution < -0.4 is 0 Å². The smallest absolute Gasteiger partial charge is 0.0247 e. The van der Waals surface area contributed by atoms with Crippen LogP contribution in [-0.2, 0) is 0 Å². The van der Waals surface area contributed by atoms with Crippen molar-refractivity contribution < 1.29 is 0 Å². The number of hydrogen-bond acceptors (Lipinski definition) is 1. The highest BCUT2D eigenvalue weighted by Crippen LogP contribution is 2.28. The molecule has 0 saturated carbocycles. The van der Waals surface area contributed by atoms with Gasteiger partial charge in [0.1, 0.15) is 0 Å². The van der Waals surface area contributed by atoms with Crippen LogP contribution in [0.15, 0.2) is 36.5 Å². The van der Waals surface area contributed by atoms with Gasteiger partial charge in [-0.25, -0.2) is 0 Å². The third-order valence-electron chi connectivity index (χ3n) is 3.41. The van der Waals surface area contributed by atoms with Crippen molar-refractivity contribution in [2.75, 3.05) is 13.6 Å². The van der Waals surface area contributed by atoms with E-state index in [-0.39, 0.29) is 5.54 Å². The molecule has 0 amide bonds. The summed E-state index contributed by atoms with van der Waals surface area (Å²) < 4.78 is 0. The van der Waals surface area contributed by atoms with Gasteiger partial charge >= 0.3 is 0 Å². The van der Waals surface area contributed by atoms with Crippen LogP contribution in [-0.4, -0.2) is 24.0 Å². The first-order valence-electron chi connectivity index (χ1n) is 5.76. The maximum atomic E-state index is 2.44. The van der Waals surface area contributed by atoms with Crippen LogP contribution in [0.1, 0.15) is 27.2 Å². The highest BCUT2D eigenvalue weighted by Gasteiger charge is 2.30. The van der Waals surface area contributed by atoms with E-state index in [4.69, 9.17) is 0 Å². The second-order valence-electron chi connectivity index (χ2n) is 4.73. The van der Waals surface area contributed by atoms with Gasteiger partial charge in [0.25, 0.3) is 0 Å². The molecule has 0 atom stereocenters. The predicted molar refractivity (Wildman–Crippen MR) is 67.9 cm³/mol. The topological polar surface area (TPSA) is 3.24 Å². The molecular formula is C14H23N. The van der Waals surface area contributed by atoms with Crippen molar-refractivity contribution in [3.8, 4) is 0 Å². The van der Waals surface area contributed by atoms with Gasteiger partial charge in [0.05, 0.1) is 0 Å². The van der Waals surface area contributed by atoms with Crippen molar-refractivity contribution >= 4 is 0 Å². The Hall–Kier alpha value is -0.820. The molecular weight excluding hydrogens is 182 g/mol. The zero-order valence-corrected chi connectivity index (χ0v) is 10.4. The van der Waals surface area contributed by atoms with Gasteiger partial charge in [0, 0.05) is 18.0 Å². The van der Waals surface area contributed by atoms with Gasteiger partial charge < -0.3 is 4.90 Å². The Labute approximate surface area is 94.2 Å². The van der Waals surface area contributed by atoms with Crippen LogP contribution >= 0.6 is 0 Å². The van der Waals surface area contributed by atoms with E-state index in [1.807, 2.05) is 0 Å². The van der Waals surface area contributed by atoms with Crippen molar-refractivity contribution in [2.24, 2.45) is 5.92 Å². The van der Waals surface area contributed by atoms with E-state index in [0.717, 1.165) is 13.0 Å². The molecule has 1 rings (SSSR count). The predicted octanol–water partition coefficient (Wildman–Crippen LogP) is 3.41. The summed E-state index contributed by atoms with van der Waals surface area (Å²) in [6.07, 6.45) is 14.3. The third kappa shape index (κ3) is 3.07. The molecule has 0 fully saturated rings. The Bertz CT molecular complexity index is 259. The SMILES string of the molecule is C/C=C/CCN(C)C(C)(C)C1C=CC=C1. The molecule has 0 N–H and O–H groups in total. The molecule has 0 aromatic carbocycles. The summed E-state index contributed by atoms with van der Waals surface area (Å²) in [5, 5.41) is 0. The van der Waals surface area contributed by atoms with E-state index in [1.54, 1.807) is 0 Å². The first-order valence-corrected chi connectivity index (χ1v) is 5.76. The zero-order valence-electron chi connectivity index (χ0n) is 10.4. The van der Waals surface area contributed by atoms with Gasteiger partial charge in [-0.1, -0.05) is 36.5 Å². The maximum Gasteiger partial charge on any atom is 0.0247 e. The van der Waals surface area contributed by atoms with E-state index in [1.165, 1.54) is 0 Å².